The average Bonchev–Trinajstić information content (AvgIpc) is 2.88. The second-order valence-corrected chi connectivity index (χ2v) is 5.00. The second kappa shape index (κ2) is 7.72. The van der Waals surface area contributed by atoms with Crippen molar-refractivity contribution in [1.82, 2.24) is 14.9 Å². The number of rotatable bonds is 7. The molecule has 2 rings (SSSR count). The monoisotopic (exact) mass is 269 g/mol. The van der Waals surface area contributed by atoms with Gasteiger partial charge in [0.1, 0.15) is 0 Å². The third-order valence-corrected chi connectivity index (χ3v) is 3.42. The van der Waals surface area contributed by atoms with Crippen LogP contribution in [-0.4, -0.2) is 22.1 Å². The molecule has 1 aromatic heterocycles. The fraction of sp³-hybridized carbons (Fsp3) is 0.471. The quantitative estimate of drug-likeness (QED) is 0.782. The summed E-state index contributed by atoms with van der Waals surface area (Å²) in [4.78, 5) is 4.46. The normalized spacial score (nSPS) is 12.1. The Hall–Kier alpha value is -1.79. The number of hydrogen-bond donors (Lipinski definition) is 1. The first-order valence-corrected chi connectivity index (χ1v) is 7.38. The van der Waals surface area contributed by atoms with E-state index in [4.69, 9.17) is 0 Å². The van der Waals surface area contributed by atoms with Gasteiger partial charge in [-0.25, -0.2) is 4.98 Å². The van der Waals surface area contributed by atoms with E-state index >= 15 is 0 Å². The molecular weight excluding hydrogens is 246 g/mol. The van der Waals surface area contributed by atoms with Crippen LogP contribution in [0.25, 0.3) is 11.0 Å². The number of nitrogens with zero attached hydrogens (tertiary/aromatic N) is 2. The summed E-state index contributed by atoms with van der Waals surface area (Å²) in [7, 11) is 0. The summed E-state index contributed by atoms with van der Waals surface area (Å²) >= 11 is 0. The maximum atomic E-state index is 4.46. The molecule has 3 nitrogen and oxygen atoms in total. The minimum atomic E-state index is 0.452. The predicted octanol–water partition coefficient (Wildman–Crippen LogP) is 3.21. The van der Waals surface area contributed by atoms with E-state index in [-0.39, 0.29) is 0 Å². The first kappa shape index (κ1) is 14.6. The third kappa shape index (κ3) is 3.85. The number of imidazole rings is 1. The Kier molecular flexibility index (Phi) is 5.64. The van der Waals surface area contributed by atoms with Crippen LogP contribution >= 0.6 is 0 Å². The van der Waals surface area contributed by atoms with Crippen LogP contribution in [-0.2, 0) is 6.54 Å². The summed E-state index contributed by atoms with van der Waals surface area (Å²) in [5.41, 5.74) is 2.27. The minimum Gasteiger partial charge on any atom is -0.329 e. The molecule has 0 radical (unpaired) electrons. The van der Waals surface area contributed by atoms with Gasteiger partial charge in [-0.3, -0.25) is 0 Å². The largest absolute Gasteiger partial charge is 0.329 e. The van der Waals surface area contributed by atoms with Gasteiger partial charge in [-0.2, -0.15) is 0 Å². The zero-order valence-electron chi connectivity index (χ0n) is 12.4. The van der Waals surface area contributed by atoms with Crippen LogP contribution in [0.1, 0.15) is 33.1 Å². The molecule has 2 aromatic rings. The van der Waals surface area contributed by atoms with Crippen molar-refractivity contribution in [2.24, 2.45) is 0 Å². The highest BCUT2D eigenvalue weighted by Gasteiger charge is 2.10. The Morgan fingerprint density at radius 3 is 3.00 bits per heavy atom. The molecule has 0 amide bonds. The molecule has 3 heteroatoms. The van der Waals surface area contributed by atoms with E-state index < -0.39 is 0 Å². The maximum Gasteiger partial charge on any atom is 0.0958 e. The van der Waals surface area contributed by atoms with Crippen molar-refractivity contribution in [2.75, 3.05) is 6.54 Å². The molecule has 0 spiro atoms. The molecule has 0 saturated carbocycles. The standard InChI is InChI=1S/C17H23N3/c1-3-5-6-9-15(18-12-4-2)13-20-14-19-16-10-7-8-11-17(16)20/h7-8,10-11,14-15,18H,4,6,9,12-13H2,1-2H3. The number of para-hydroxylation sites is 2. The first-order chi connectivity index (χ1) is 9.85. The summed E-state index contributed by atoms with van der Waals surface area (Å²) < 4.78 is 2.24. The van der Waals surface area contributed by atoms with Gasteiger partial charge in [-0.05, 0) is 38.4 Å². The van der Waals surface area contributed by atoms with Crippen LogP contribution in [0.2, 0.25) is 0 Å². The molecule has 0 saturated heterocycles. The van der Waals surface area contributed by atoms with Gasteiger partial charge in [-0.1, -0.05) is 19.1 Å². The Balaban J connectivity index is 2.06. The zero-order chi connectivity index (χ0) is 14.2. The molecule has 0 aliphatic carbocycles. The highest BCUT2D eigenvalue weighted by molar-refractivity contribution is 5.74. The van der Waals surface area contributed by atoms with Gasteiger partial charge in [-0.15, -0.1) is 11.8 Å². The van der Waals surface area contributed by atoms with Gasteiger partial charge in [0.25, 0.3) is 0 Å². The Morgan fingerprint density at radius 2 is 2.20 bits per heavy atom. The van der Waals surface area contributed by atoms with Crippen LogP contribution in [0.4, 0.5) is 0 Å². The van der Waals surface area contributed by atoms with Gasteiger partial charge in [0.05, 0.1) is 17.4 Å². The van der Waals surface area contributed by atoms with Crippen LogP contribution in [0.5, 0.6) is 0 Å². The van der Waals surface area contributed by atoms with Gasteiger partial charge in [0.2, 0.25) is 0 Å². The van der Waals surface area contributed by atoms with E-state index in [1.54, 1.807) is 0 Å². The minimum absolute atomic E-state index is 0.452. The van der Waals surface area contributed by atoms with Crippen molar-refractivity contribution in [3.63, 3.8) is 0 Å². The van der Waals surface area contributed by atoms with Crippen molar-refractivity contribution >= 4 is 11.0 Å². The zero-order valence-corrected chi connectivity index (χ0v) is 12.4. The molecule has 106 valence electrons. The third-order valence-electron chi connectivity index (χ3n) is 3.42. The Morgan fingerprint density at radius 1 is 1.35 bits per heavy atom. The van der Waals surface area contributed by atoms with Crippen molar-refractivity contribution in [3.05, 3.63) is 30.6 Å². The van der Waals surface area contributed by atoms with E-state index in [2.05, 4.69) is 51.8 Å². The van der Waals surface area contributed by atoms with Crippen LogP contribution in [0, 0.1) is 11.8 Å². The molecule has 1 N–H and O–H groups in total. The second-order valence-electron chi connectivity index (χ2n) is 5.00. The highest BCUT2D eigenvalue weighted by Crippen LogP contribution is 2.13. The molecule has 1 unspecified atom stereocenters. The van der Waals surface area contributed by atoms with E-state index in [0.717, 1.165) is 37.9 Å². The lowest BCUT2D eigenvalue weighted by Gasteiger charge is -2.18. The fourth-order valence-electron chi connectivity index (χ4n) is 2.37. The van der Waals surface area contributed by atoms with Crippen LogP contribution < -0.4 is 5.32 Å². The lowest BCUT2D eigenvalue weighted by molar-refractivity contribution is 0.432. The molecule has 0 aliphatic heterocycles. The summed E-state index contributed by atoms with van der Waals surface area (Å²) in [6, 6.07) is 8.74. The Labute approximate surface area is 121 Å². The summed E-state index contributed by atoms with van der Waals surface area (Å²) in [6.07, 6.45) is 5.12. The highest BCUT2D eigenvalue weighted by atomic mass is 15.1. The van der Waals surface area contributed by atoms with Crippen molar-refractivity contribution in [1.29, 1.82) is 0 Å². The number of hydrogen-bond acceptors (Lipinski definition) is 2. The van der Waals surface area contributed by atoms with Crippen LogP contribution in [0.15, 0.2) is 30.6 Å². The molecule has 20 heavy (non-hydrogen) atoms. The smallest absolute Gasteiger partial charge is 0.0958 e. The van der Waals surface area contributed by atoms with Gasteiger partial charge >= 0.3 is 0 Å². The molecule has 1 atom stereocenters. The topological polar surface area (TPSA) is 29.9 Å². The van der Waals surface area contributed by atoms with E-state index in [9.17, 15) is 0 Å². The van der Waals surface area contributed by atoms with E-state index in [0.29, 0.717) is 6.04 Å². The molecule has 1 aromatic carbocycles. The lowest BCUT2D eigenvalue weighted by atomic mass is 10.1. The maximum absolute atomic E-state index is 4.46. The number of fused-ring (bicyclic) bond motifs is 1. The van der Waals surface area contributed by atoms with Crippen molar-refractivity contribution in [3.8, 4) is 11.8 Å². The molecule has 0 aliphatic rings. The number of benzene rings is 1. The fourth-order valence-corrected chi connectivity index (χ4v) is 2.37. The summed E-state index contributed by atoms with van der Waals surface area (Å²) in [6.45, 7) is 6.10. The molecule has 1 heterocycles. The number of nitrogens with one attached hydrogen (secondary N) is 1. The van der Waals surface area contributed by atoms with Crippen molar-refractivity contribution in [2.45, 2.75) is 45.7 Å². The SMILES string of the molecule is CC#CCCC(Cn1cnc2ccccc21)NCCC. The van der Waals surface area contributed by atoms with Gasteiger partial charge in [0.15, 0.2) is 0 Å². The van der Waals surface area contributed by atoms with Crippen LogP contribution in [0.3, 0.4) is 0 Å². The van der Waals surface area contributed by atoms with Gasteiger partial charge < -0.3 is 9.88 Å². The molecule has 0 bridgehead atoms. The number of aromatic nitrogens is 2. The van der Waals surface area contributed by atoms with E-state index in [1.807, 2.05) is 19.3 Å². The Bertz CT molecular complexity index is 589. The predicted molar refractivity (Wildman–Crippen MR) is 84.5 cm³/mol. The van der Waals surface area contributed by atoms with E-state index in [1.165, 1.54) is 5.52 Å². The molecular formula is C17H23N3. The summed E-state index contributed by atoms with van der Waals surface area (Å²) in [5, 5.41) is 3.61. The first-order valence-electron chi connectivity index (χ1n) is 7.38. The van der Waals surface area contributed by atoms with Gasteiger partial charge in [0, 0.05) is 19.0 Å². The lowest BCUT2D eigenvalue weighted by Crippen LogP contribution is -2.33. The molecule has 0 fully saturated rings. The van der Waals surface area contributed by atoms with Crippen molar-refractivity contribution < 1.29 is 0 Å². The summed E-state index contributed by atoms with van der Waals surface area (Å²) in [5.74, 6) is 6.13. The average molecular weight is 269 g/mol.